The largest absolute Gasteiger partial charge is 0.396 e. The van der Waals surface area contributed by atoms with Gasteiger partial charge in [-0.15, -0.1) is 0 Å². The van der Waals surface area contributed by atoms with Crippen LogP contribution in [0.5, 0.6) is 0 Å². The summed E-state index contributed by atoms with van der Waals surface area (Å²) in [5, 5.41) is 11.3. The van der Waals surface area contributed by atoms with Gasteiger partial charge in [0.25, 0.3) is 5.91 Å². The van der Waals surface area contributed by atoms with Crippen LogP contribution in [0, 0.1) is 0 Å². The Morgan fingerprint density at radius 1 is 1.44 bits per heavy atom. The highest BCUT2D eigenvalue weighted by Crippen LogP contribution is 2.04. The summed E-state index contributed by atoms with van der Waals surface area (Å²) in [6.07, 6.45) is 1.55. The number of hydrogen-bond donors (Lipinski definition) is 4. The van der Waals surface area contributed by atoms with Crippen LogP contribution >= 0.6 is 0 Å². The molecule has 0 aromatic carbocycles. The molecule has 0 radical (unpaired) electrons. The Labute approximate surface area is 104 Å². The molecule has 0 saturated carbocycles. The van der Waals surface area contributed by atoms with Crippen LogP contribution in [0.4, 0.5) is 5.69 Å². The summed E-state index contributed by atoms with van der Waals surface area (Å²) in [6, 6.07) is 0. The molecule has 2 amide bonds. The maximum Gasteiger partial charge on any atom is 0.271 e. The number of carbonyl (C=O) groups excluding carboxylic acids is 2. The smallest absolute Gasteiger partial charge is 0.271 e. The van der Waals surface area contributed by atoms with Crippen LogP contribution in [-0.2, 0) is 9.53 Å². The molecular weight excluding hydrogens is 238 g/mol. The second-order valence-corrected chi connectivity index (χ2v) is 3.55. The van der Waals surface area contributed by atoms with Crippen molar-refractivity contribution in [1.29, 1.82) is 0 Å². The van der Waals surface area contributed by atoms with Crippen LogP contribution in [0.2, 0.25) is 0 Å². The van der Waals surface area contributed by atoms with Gasteiger partial charge in [0, 0.05) is 26.6 Å². The lowest BCUT2D eigenvalue weighted by atomic mass is 10.3. The van der Waals surface area contributed by atoms with Gasteiger partial charge in [-0.25, -0.2) is 0 Å². The Hall–Kier alpha value is -2.09. The molecular formula is C10H17N5O3. The minimum atomic E-state index is -0.380. The van der Waals surface area contributed by atoms with Gasteiger partial charge in [-0.1, -0.05) is 0 Å². The zero-order chi connectivity index (χ0) is 13.4. The van der Waals surface area contributed by atoms with E-state index in [-0.39, 0.29) is 36.2 Å². The fraction of sp³-hybridized carbons (Fsp3) is 0.500. The molecule has 0 spiro atoms. The molecule has 1 aromatic heterocycles. The zero-order valence-corrected chi connectivity index (χ0v) is 10.2. The number of carbonyl (C=O) groups is 2. The van der Waals surface area contributed by atoms with Crippen molar-refractivity contribution >= 4 is 17.5 Å². The molecule has 0 atom stereocenters. The van der Waals surface area contributed by atoms with E-state index < -0.39 is 0 Å². The molecule has 0 saturated heterocycles. The van der Waals surface area contributed by atoms with Crippen molar-refractivity contribution in [3.8, 4) is 0 Å². The average molecular weight is 255 g/mol. The summed E-state index contributed by atoms with van der Waals surface area (Å²) in [6.45, 7) is 1.15. The Balaban J connectivity index is 2.20. The Morgan fingerprint density at radius 2 is 2.22 bits per heavy atom. The topological polar surface area (TPSA) is 122 Å². The first-order valence-electron chi connectivity index (χ1n) is 5.47. The molecule has 100 valence electrons. The van der Waals surface area contributed by atoms with Gasteiger partial charge in [-0.2, -0.15) is 5.10 Å². The van der Waals surface area contributed by atoms with E-state index in [2.05, 4.69) is 20.8 Å². The fourth-order valence-electron chi connectivity index (χ4n) is 1.24. The van der Waals surface area contributed by atoms with Crippen LogP contribution in [0.15, 0.2) is 6.20 Å². The van der Waals surface area contributed by atoms with Crippen LogP contribution in [0.3, 0.4) is 0 Å². The molecule has 8 nitrogen and oxygen atoms in total. The highest BCUT2D eigenvalue weighted by Gasteiger charge is 2.11. The number of H-pyrrole nitrogens is 1. The number of nitrogens with two attached hydrogens (primary N) is 1. The molecule has 0 bridgehead atoms. The third-order valence-electron chi connectivity index (χ3n) is 2.16. The van der Waals surface area contributed by atoms with Gasteiger partial charge in [-0.3, -0.25) is 14.7 Å². The molecule has 1 rings (SSSR count). The van der Waals surface area contributed by atoms with Crippen molar-refractivity contribution in [1.82, 2.24) is 20.8 Å². The molecule has 0 unspecified atom stereocenters. The summed E-state index contributed by atoms with van der Waals surface area (Å²) >= 11 is 0. The monoisotopic (exact) mass is 255 g/mol. The first kappa shape index (κ1) is 14.0. The standard InChI is InChI=1S/C10H17N5O3/c1-18-5-4-12-8(16)2-3-13-10(17)9-7(11)6-14-15-9/h6H,2-5,11H2,1H3,(H,12,16)(H,13,17)(H,14,15). The van der Waals surface area contributed by atoms with Gasteiger partial charge in [-0.05, 0) is 0 Å². The molecule has 0 aliphatic rings. The number of nitrogens with one attached hydrogen (secondary N) is 3. The molecule has 1 aromatic rings. The van der Waals surface area contributed by atoms with Crippen LogP contribution in [-0.4, -0.2) is 48.8 Å². The highest BCUT2D eigenvalue weighted by molar-refractivity contribution is 5.97. The van der Waals surface area contributed by atoms with Crippen molar-refractivity contribution in [3.63, 3.8) is 0 Å². The third-order valence-corrected chi connectivity index (χ3v) is 2.16. The first-order chi connectivity index (χ1) is 8.65. The Morgan fingerprint density at radius 3 is 2.83 bits per heavy atom. The number of nitrogens with zero attached hydrogens (tertiary/aromatic N) is 1. The van der Waals surface area contributed by atoms with E-state index in [1.54, 1.807) is 7.11 Å². The van der Waals surface area contributed by atoms with E-state index in [9.17, 15) is 9.59 Å². The predicted octanol–water partition coefficient (Wildman–Crippen LogP) is -1.13. The van der Waals surface area contributed by atoms with Gasteiger partial charge in [0.15, 0.2) is 0 Å². The number of rotatable bonds is 7. The van der Waals surface area contributed by atoms with Gasteiger partial charge in [0.05, 0.1) is 18.5 Å². The zero-order valence-electron chi connectivity index (χ0n) is 10.2. The SMILES string of the molecule is COCCNC(=O)CCNC(=O)c1[nH]ncc1N. The summed E-state index contributed by atoms with van der Waals surface area (Å²) in [5.74, 6) is -0.528. The summed E-state index contributed by atoms with van der Waals surface area (Å²) in [5.41, 5.74) is 5.98. The quantitative estimate of drug-likeness (QED) is 0.459. The molecule has 1 heterocycles. The van der Waals surface area contributed by atoms with Crippen molar-refractivity contribution in [2.24, 2.45) is 0 Å². The fourth-order valence-corrected chi connectivity index (χ4v) is 1.24. The number of aromatic nitrogens is 2. The van der Waals surface area contributed by atoms with Gasteiger partial charge < -0.3 is 21.1 Å². The van der Waals surface area contributed by atoms with E-state index >= 15 is 0 Å². The van der Waals surface area contributed by atoms with Crippen molar-refractivity contribution < 1.29 is 14.3 Å². The van der Waals surface area contributed by atoms with Crippen LogP contribution < -0.4 is 16.4 Å². The summed E-state index contributed by atoms with van der Waals surface area (Å²) in [4.78, 5) is 22.8. The predicted molar refractivity (Wildman–Crippen MR) is 64.8 cm³/mol. The van der Waals surface area contributed by atoms with Crippen molar-refractivity contribution in [3.05, 3.63) is 11.9 Å². The maximum atomic E-state index is 11.6. The second kappa shape index (κ2) is 7.28. The normalized spacial score (nSPS) is 10.1. The molecule has 5 N–H and O–H groups in total. The van der Waals surface area contributed by atoms with Gasteiger partial charge >= 0.3 is 0 Å². The highest BCUT2D eigenvalue weighted by atomic mass is 16.5. The second-order valence-electron chi connectivity index (χ2n) is 3.55. The number of aromatic amines is 1. The van der Waals surface area contributed by atoms with Gasteiger partial charge in [0.2, 0.25) is 5.91 Å². The molecule has 0 aliphatic carbocycles. The van der Waals surface area contributed by atoms with Crippen molar-refractivity contribution in [2.45, 2.75) is 6.42 Å². The molecule has 0 aliphatic heterocycles. The van der Waals surface area contributed by atoms with E-state index in [4.69, 9.17) is 10.5 Å². The van der Waals surface area contributed by atoms with Gasteiger partial charge in [0.1, 0.15) is 5.69 Å². The van der Waals surface area contributed by atoms with E-state index in [0.29, 0.717) is 13.2 Å². The number of amides is 2. The van der Waals surface area contributed by atoms with Crippen molar-refractivity contribution in [2.75, 3.05) is 32.5 Å². The van der Waals surface area contributed by atoms with E-state index in [0.717, 1.165) is 0 Å². The first-order valence-corrected chi connectivity index (χ1v) is 5.47. The Kier molecular flexibility index (Phi) is 5.65. The van der Waals surface area contributed by atoms with E-state index in [1.165, 1.54) is 6.20 Å². The number of hydrogen-bond acceptors (Lipinski definition) is 5. The lowest BCUT2D eigenvalue weighted by Crippen LogP contribution is -2.32. The number of nitrogen functional groups attached to an aromatic ring is 1. The van der Waals surface area contributed by atoms with Crippen LogP contribution in [0.25, 0.3) is 0 Å². The molecule has 0 fully saturated rings. The number of methoxy groups -OCH3 is 1. The minimum Gasteiger partial charge on any atom is -0.396 e. The van der Waals surface area contributed by atoms with Crippen LogP contribution in [0.1, 0.15) is 16.9 Å². The molecule has 8 heteroatoms. The lowest BCUT2D eigenvalue weighted by Gasteiger charge is -2.05. The number of anilines is 1. The lowest BCUT2D eigenvalue weighted by molar-refractivity contribution is -0.121. The summed E-state index contributed by atoms with van der Waals surface area (Å²) < 4.78 is 4.79. The minimum absolute atomic E-state index is 0.148. The summed E-state index contributed by atoms with van der Waals surface area (Å²) in [7, 11) is 1.56. The Bertz CT molecular complexity index is 404. The number of ether oxygens (including phenoxy) is 1. The third kappa shape index (κ3) is 4.42. The molecule has 18 heavy (non-hydrogen) atoms. The maximum absolute atomic E-state index is 11.6. The van der Waals surface area contributed by atoms with E-state index in [1.807, 2.05) is 0 Å². The average Bonchev–Trinajstić information content (AvgIpc) is 2.76.